The predicted molar refractivity (Wildman–Crippen MR) is 56.5 cm³/mol. The average molecular weight is 234 g/mol. The van der Waals surface area contributed by atoms with Gasteiger partial charge in [-0.3, -0.25) is 9.59 Å². The first-order chi connectivity index (χ1) is 7.08. The van der Waals surface area contributed by atoms with Crippen LogP contribution in [-0.2, 0) is 14.3 Å². The topological polar surface area (TPSA) is 83.8 Å². The highest BCUT2D eigenvalue weighted by Gasteiger charge is 2.39. The largest absolute Gasteiger partial charge is 0.481 e. The van der Waals surface area contributed by atoms with Crippen LogP contribution in [0.4, 0.5) is 0 Å². The molecule has 16 heavy (non-hydrogen) atoms. The monoisotopic (exact) mass is 234 g/mol. The first-order valence-corrected chi connectivity index (χ1v) is 5.04. The summed E-state index contributed by atoms with van der Waals surface area (Å²) in [4.78, 5) is 21.7. The van der Waals surface area contributed by atoms with E-state index in [1.54, 1.807) is 28.1 Å². The van der Waals surface area contributed by atoms with E-state index < -0.39 is 24.1 Å². The summed E-state index contributed by atoms with van der Waals surface area (Å²) in [7, 11) is 5.31. The molecule has 0 aliphatic rings. The minimum atomic E-state index is -1.95. The number of hydrogen-bond donors (Lipinski definition) is 2. The number of aliphatic carboxylic acids is 1. The van der Waals surface area contributed by atoms with Gasteiger partial charge in [0.25, 0.3) is 5.79 Å². The van der Waals surface area contributed by atoms with Gasteiger partial charge in [-0.25, -0.2) is 0 Å². The minimum Gasteiger partial charge on any atom is -0.481 e. The van der Waals surface area contributed by atoms with Crippen LogP contribution in [0.3, 0.4) is 0 Å². The van der Waals surface area contributed by atoms with Crippen molar-refractivity contribution in [2.24, 2.45) is 0 Å². The van der Waals surface area contributed by atoms with Crippen LogP contribution < -0.4 is 0 Å². The van der Waals surface area contributed by atoms with Crippen molar-refractivity contribution >= 4 is 11.9 Å². The summed E-state index contributed by atoms with van der Waals surface area (Å²) in [5.41, 5.74) is 0. The van der Waals surface area contributed by atoms with Gasteiger partial charge in [-0.1, -0.05) is 6.92 Å². The summed E-state index contributed by atoms with van der Waals surface area (Å²) < 4.78 is 5.09. The van der Waals surface area contributed by atoms with Crippen LogP contribution in [0.25, 0.3) is 0 Å². The van der Waals surface area contributed by atoms with E-state index in [0.29, 0.717) is 4.48 Å². The number of quaternary nitrogens is 1. The molecule has 94 valence electrons. The molecule has 0 bridgehead atoms. The normalized spacial score (nSPS) is 15.3. The molecule has 0 aromatic heterocycles. The van der Waals surface area contributed by atoms with Crippen molar-refractivity contribution < 1.29 is 29.0 Å². The number of carboxylic acids is 1. The van der Waals surface area contributed by atoms with E-state index in [2.05, 4.69) is 0 Å². The Morgan fingerprint density at radius 2 is 1.81 bits per heavy atom. The third-order valence-electron chi connectivity index (χ3n) is 1.74. The summed E-state index contributed by atoms with van der Waals surface area (Å²) in [5, 5.41) is 18.7. The van der Waals surface area contributed by atoms with E-state index in [9.17, 15) is 14.7 Å². The highest BCUT2D eigenvalue weighted by Crippen LogP contribution is 2.17. The van der Waals surface area contributed by atoms with Gasteiger partial charge >= 0.3 is 11.9 Å². The third-order valence-corrected chi connectivity index (χ3v) is 1.74. The van der Waals surface area contributed by atoms with Crippen LogP contribution in [0.2, 0.25) is 0 Å². The van der Waals surface area contributed by atoms with E-state index in [0.717, 1.165) is 0 Å². The van der Waals surface area contributed by atoms with Gasteiger partial charge in [0.1, 0.15) is 13.0 Å². The highest BCUT2D eigenvalue weighted by molar-refractivity contribution is 5.71. The molecule has 0 aliphatic carbocycles. The van der Waals surface area contributed by atoms with Crippen LogP contribution in [-0.4, -0.2) is 60.1 Å². The lowest BCUT2D eigenvalue weighted by Gasteiger charge is -2.33. The van der Waals surface area contributed by atoms with Crippen molar-refractivity contribution in [1.29, 1.82) is 0 Å². The number of aliphatic hydroxyl groups is 1. The Kier molecular flexibility index (Phi) is 4.89. The van der Waals surface area contributed by atoms with Crippen molar-refractivity contribution in [2.75, 3.05) is 27.7 Å². The summed E-state index contributed by atoms with van der Waals surface area (Å²) in [6, 6.07) is 0. The minimum absolute atomic E-state index is 0.0189. The molecule has 0 heterocycles. The number of esters is 1. The third kappa shape index (κ3) is 6.36. The van der Waals surface area contributed by atoms with Crippen molar-refractivity contribution in [1.82, 2.24) is 0 Å². The average Bonchev–Trinajstić information content (AvgIpc) is 1.97. The van der Waals surface area contributed by atoms with Gasteiger partial charge < -0.3 is 19.4 Å². The van der Waals surface area contributed by atoms with Crippen molar-refractivity contribution in [2.45, 2.75) is 25.6 Å². The lowest BCUT2D eigenvalue weighted by molar-refractivity contribution is -0.880. The van der Waals surface area contributed by atoms with E-state index >= 15 is 0 Å². The number of rotatable bonds is 6. The second kappa shape index (κ2) is 5.27. The first-order valence-electron chi connectivity index (χ1n) is 5.04. The fourth-order valence-corrected chi connectivity index (χ4v) is 1.39. The molecule has 0 spiro atoms. The zero-order valence-electron chi connectivity index (χ0n) is 10.2. The molecular formula is C10H20NO5+. The van der Waals surface area contributed by atoms with Gasteiger partial charge in [-0.05, 0) is 0 Å². The quantitative estimate of drug-likeness (QED) is 0.378. The Bertz CT molecular complexity index is 271. The molecule has 6 nitrogen and oxygen atoms in total. The second-order valence-corrected chi connectivity index (χ2v) is 4.79. The van der Waals surface area contributed by atoms with E-state index in [1.165, 1.54) is 0 Å². The standard InChI is InChI=1S/C10H19NO5/c1-5-9(14)16-10(15,6-8(12)13)7-11(2,3)4/h15H,5-7H2,1-4H3/p+1. The Morgan fingerprint density at radius 3 is 2.12 bits per heavy atom. The molecule has 1 atom stereocenters. The van der Waals surface area contributed by atoms with Gasteiger partial charge in [0.15, 0.2) is 0 Å². The maximum Gasteiger partial charge on any atom is 0.310 e. The first kappa shape index (κ1) is 14.9. The molecule has 0 rings (SSSR count). The number of likely N-dealkylation sites (N-methyl/N-ethyl adjacent to an activating group) is 1. The van der Waals surface area contributed by atoms with Crippen LogP contribution in [0.15, 0.2) is 0 Å². The lowest BCUT2D eigenvalue weighted by atomic mass is 10.1. The maximum atomic E-state index is 11.1. The van der Waals surface area contributed by atoms with Gasteiger partial charge in [0, 0.05) is 6.42 Å². The zero-order valence-corrected chi connectivity index (χ0v) is 10.2. The molecule has 0 radical (unpaired) electrons. The number of carbonyl (C=O) groups is 2. The lowest BCUT2D eigenvalue weighted by Crippen LogP contribution is -2.52. The van der Waals surface area contributed by atoms with Crippen LogP contribution in [0.1, 0.15) is 19.8 Å². The molecule has 0 saturated heterocycles. The Hall–Kier alpha value is -1.14. The van der Waals surface area contributed by atoms with Crippen molar-refractivity contribution in [3.8, 4) is 0 Å². The fraction of sp³-hybridized carbons (Fsp3) is 0.800. The molecule has 2 N–H and O–H groups in total. The Labute approximate surface area is 95.0 Å². The smallest absolute Gasteiger partial charge is 0.310 e. The van der Waals surface area contributed by atoms with E-state index in [-0.39, 0.29) is 13.0 Å². The number of hydrogen-bond acceptors (Lipinski definition) is 4. The number of carbonyl (C=O) groups excluding carboxylic acids is 1. The maximum absolute atomic E-state index is 11.1. The molecule has 0 amide bonds. The number of ether oxygens (including phenoxy) is 1. The zero-order chi connectivity index (χ0) is 13.0. The molecule has 1 unspecified atom stereocenters. The molecular weight excluding hydrogens is 214 g/mol. The summed E-state index contributed by atoms with van der Waals surface area (Å²) in [6.07, 6.45) is -0.521. The highest BCUT2D eigenvalue weighted by atomic mass is 16.7. The predicted octanol–water partition coefficient (Wildman–Crippen LogP) is -0.191. The van der Waals surface area contributed by atoms with Crippen LogP contribution in [0.5, 0.6) is 0 Å². The van der Waals surface area contributed by atoms with Crippen molar-refractivity contribution in [3.63, 3.8) is 0 Å². The summed E-state index contributed by atoms with van der Waals surface area (Å²) in [5.74, 6) is -3.77. The summed E-state index contributed by atoms with van der Waals surface area (Å²) >= 11 is 0. The second-order valence-electron chi connectivity index (χ2n) is 4.79. The molecule has 0 fully saturated rings. The van der Waals surface area contributed by atoms with Gasteiger partial charge in [-0.2, -0.15) is 0 Å². The van der Waals surface area contributed by atoms with Gasteiger partial charge in [0.05, 0.1) is 21.1 Å². The van der Waals surface area contributed by atoms with Gasteiger partial charge in [-0.15, -0.1) is 0 Å². The molecule has 0 aliphatic heterocycles. The SMILES string of the molecule is CCC(=O)OC(O)(CC(=O)O)C[N+](C)(C)C. The Morgan fingerprint density at radius 1 is 1.31 bits per heavy atom. The van der Waals surface area contributed by atoms with Crippen molar-refractivity contribution in [3.05, 3.63) is 0 Å². The van der Waals surface area contributed by atoms with Crippen LogP contribution >= 0.6 is 0 Å². The molecule has 6 heteroatoms. The van der Waals surface area contributed by atoms with E-state index in [1.807, 2.05) is 0 Å². The Balaban J connectivity index is 4.74. The molecule has 0 aromatic rings. The molecule has 0 saturated carbocycles. The fourth-order valence-electron chi connectivity index (χ4n) is 1.39. The number of nitrogens with zero attached hydrogens (tertiary/aromatic N) is 1. The summed E-state index contributed by atoms with van der Waals surface area (Å²) in [6.45, 7) is 1.60. The van der Waals surface area contributed by atoms with Gasteiger partial charge in [0.2, 0.25) is 0 Å². The van der Waals surface area contributed by atoms with Crippen LogP contribution in [0, 0.1) is 0 Å². The molecule has 0 aromatic carbocycles. The number of carboxylic acid groups (broad SMARTS) is 1. The van der Waals surface area contributed by atoms with E-state index in [4.69, 9.17) is 9.84 Å².